The zero-order chi connectivity index (χ0) is 20.4. The summed E-state index contributed by atoms with van der Waals surface area (Å²) < 4.78 is 0. The number of allylic oxidation sites excluding steroid dienone is 2. The summed E-state index contributed by atoms with van der Waals surface area (Å²) in [5.74, 6) is 2.84. The Kier molecular flexibility index (Phi) is 4.50. The summed E-state index contributed by atoms with van der Waals surface area (Å²) in [7, 11) is 2.07. The number of benzene rings is 1. The van der Waals surface area contributed by atoms with Gasteiger partial charge in [-0.1, -0.05) is 49.8 Å². The second-order valence-electron chi connectivity index (χ2n) is 10.9. The molecule has 156 valence electrons. The highest BCUT2D eigenvalue weighted by Crippen LogP contribution is 2.66. The van der Waals surface area contributed by atoms with Crippen LogP contribution in [-0.2, 0) is 4.79 Å². The molecular weight excluding hydrogens is 354 g/mol. The molecule has 0 unspecified atom stereocenters. The van der Waals surface area contributed by atoms with Crippen molar-refractivity contribution in [1.29, 1.82) is 0 Å². The lowest BCUT2D eigenvalue weighted by Gasteiger charge is -2.61. The monoisotopic (exact) mass is 391 g/mol. The van der Waals surface area contributed by atoms with E-state index in [1.165, 1.54) is 49.7 Å². The number of nitrogens with zero attached hydrogens (tertiary/aromatic N) is 1. The molecule has 1 saturated heterocycles. The fourth-order valence-electron chi connectivity index (χ4n) is 8.44. The molecule has 0 N–H and O–H groups in total. The van der Waals surface area contributed by atoms with Crippen LogP contribution in [0.3, 0.4) is 0 Å². The van der Waals surface area contributed by atoms with Gasteiger partial charge in [0.25, 0.3) is 0 Å². The molecule has 4 aliphatic rings. The van der Waals surface area contributed by atoms with E-state index in [4.69, 9.17) is 0 Å². The Balaban J connectivity index is 1.47. The van der Waals surface area contributed by atoms with Crippen molar-refractivity contribution in [1.82, 2.24) is 4.90 Å². The maximum absolute atomic E-state index is 12.4. The molecular formula is C27H37NO. The van der Waals surface area contributed by atoms with Crippen LogP contribution in [0.15, 0.2) is 35.9 Å². The molecule has 1 aliphatic heterocycles. The van der Waals surface area contributed by atoms with E-state index >= 15 is 0 Å². The molecule has 6 atom stereocenters. The quantitative estimate of drug-likeness (QED) is 0.548. The second kappa shape index (κ2) is 6.72. The van der Waals surface area contributed by atoms with Gasteiger partial charge in [0.05, 0.1) is 0 Å². The van der Waals surface area contributed by atoms with Crippen molar-refractivity contribution < 1.29 is 4.79 Å². The van der Waals surface area contributed by atoms with E-state index in [0.717, 1.165) is 30.6 Å². The van der Waals surface area contributed by atoms with Gasteiger partial charge in [0, 0.05) is 19.5 Å². The van der Waals surface area contributed by atoms with E-state index in [1.54, 1.807) is 5.57 Å². The van der Waals surface area contributed by atoms with Crippen molar-refractivity contribution in [3.05, 3.63) is 41.5 Å². The first-order valence-corrected chi connectivity index (χ1v) is 11.9. The maximum atomic E-state index is 12.4. The zero-order valence-corrected chi connectivity index (χ0v) is 18.7. The topological polar surface area (TPSA) is 20.3 Å². The SMILES string of the molecule is C/C(=C1/CC[C@H]2[C@@H]3CC[C@H]4N(C)C(=O)CC[C@]4(C)[C@H]3CC[C@]12C)c1ccccc1. The number of likely N-dealkylation sites (tertiary alicyclic amines) is 1. The summed E-state index contributed by atoms with van der Waals surface area (Å²) in [5.41, 5.74) is 5.40. The van der Waals surface area contributed by atoms with E-state index < -0.39 is 0 Å². The van der Waals surface area contributed by atoms with Gasteiger partial charge in [0.1, 0.15) is 0 Å². The first kappa shape index (κ1) is 19.4. The zero-order valence-electron chi connectivity index (χ0n) is 18.7. The van der Waals surface area contributed by atoms with E-state index in [0.29, 0.717) is 22.8 Å². The number of piperidine rings is 1. The Hall–Kier alpha value is -1.57. The van der Waals surface area contributed by atoms with Gasteiger partial charge >= 0.3 is 0 Å². The summed E-state index contributed by atoms with van der Waals surface area (Å²) in [5, 5.41) is 0. The molecule has 1 aromatic rings. The van der Waals surface area contributed by atoms with Crippen LogP contribution in [0.25, 0.3) is 5.57 Å². The molecule has 29 heavy (non-hydrogen) atoms. The molecule has 3 saturated carbocycles. The highest BCUT2D eigenvalue weighted by Gasteiger charge is 2.60. The molecule has 4 fully saturated rings. The van der Waals surface area contributed by atoms with Crippen LogP contribution in [0.4, 0.5) is 0 Å². The smallest absolute Gasteiger partial charge is 0.222 e. The Morgan fingerprint density at radius 2 is 1.72 bits per heavy atom. The van der Waals surface area contributed by atoms with E-state index in [1.807, 2.05) is 0 Å². The first-order chi connectivity index (χ1) is 13.9. The van der Waals surface area contributed by atoms with Crippen molar-refractivity contribution >= 4 is 11.5 Å². The van der Waals surface area contributed by atoms with Crippen LogP contribution in [0.5, 0.6) is 0 Å². The van der Waals surface area contributed by atoms with Gasteiger partial charge in [-0.05, 0) is 91.6 Å². The Morgan fingerprint density at radius 3 is 2.48 bits per heavy atom. The number of rotatable bonds is 1. The summed E-state index contributed by atoms with van der Waals surface area (Å²) >= 11 is 0. The van der Waals surface area contributed by atoms with Crippen LogP contribution in [0.1, 0.15) is 77.7 Å². The highest BCUT2D eigenvalue weighted by atomic mass is 16.2. The predicted octanol–water partition coefficient (Wildman–Crippen LogP) is 6.32. The summed E-state index contributed by atoms with van der Waals surface area (Å²) in [6, 6.07) is 11.5. The van der Waals surface area contributed by atoms with Crippen molar-refractivity contribution in [3.63, 3.8) is 0 Å². The van der Waals surface area contributed by atoms with Gasteiger partial charge in [-0.2, -0.15) is 0 Å². The molecule has 1 heterocycles. The molecule has 0 radical (unpaired) electrons. The third-order valence-electron chi connectivity index (χ3n) is 10.0. The van der Waals surface area contributed by atoms with Gasteiger partial charge in [0.2, 0.25) is 5.91 Å². The van der Waals surface area contributed by atoms with Crippen LogP contribution in [0, 0.1) is 28.6 Å². The van der Waals surface area contributed by atoms with Crippen molar-refractivity contribution in [2.45, 2.75) is 78.2 Å². The van der Waals surface area contributed by atoms with Gasteiger partial charge in [-0.3, -0.25) is 4.79 Å². The van der Waals surface area contributed by atoms with Crippen LogP contribution in [-0.4, -0.2) is 23.9 Å². The largest absolute Gasteiger partial charge is 0.342 e. The van der Waals surface area contributed by atoms with Gasteiger partial charge in [-0.15, -0.1) is 0 Å². The third-order valence-corrected chi connectivity index (χ3v) is 10.0. The molecule has 2 nitrogen and oxygen atoms in total. The number of amides is 1. The second-order valence-corrected chi connectivity index (χ2v) is 10.9. The van der Waals surface area contributed by atoms with Gasteiger partial charge < -0.3 is 4.90 Å². The molecule has 0 bridgehead atoms. The van der Waals surface area contributed by atoms with E-state index in [-0.39, 0.29) is 0 Å². The summed E-state index contributed by atoms with van der Waals surface area (Å²) in [6.45, 7) is 7.49. The first-order valence-electron chi connectivity index (χ1n) is 11.9. The van der Waals surface area contributed by atoms with E-state index in [2.05, 4.69) is 63.1 Å². The molecule has 1 aromatic carbocycles. The average Bonchev–Trinajstić information content (AvgIpc) is 3.08. The molecule has 1 amide bonds. The maximum Gasteiger partial charge on any atom is 0.222 e. The van der Waals surface area contributed by atoms with Crippen LogP contribution < -0.4 is 0 Å². The number of carbonyl (C=O) groups excluding carboxylic acids is 1. The van der Waals surface area contributed by atoms with E-state index in [9.17, 15) is 4.79 Å². The summed E-state index contributed by atoms with van der Waals surface area (Å²) in [6.07, 6.45) is 9.72. The normalized spacial score (nSPS) is 43.4. The molecule has 2 heteroatoms. The number of hydrogen-bond donors (Lipinski definition) is 0. The fourth-order valence-corrected chi connectivity index (χ4v) is 8.44. The molecule has 0 spiro atoms. The van der Waals surface area contributed by atoms with Crippen molar-refractivity contribution in [3.8, 4) is 0 Å². The van der Waals surface area contributed by atoms with Crippen LogP contribution >= 0.6 is 0 Å². The summed E-state index contributed by atoms with van der Waals surface area (Å²) in [4.78, 5) is 14.5. The average molecular weight is 392 g/mol. The lowest BCUT2D eigenvalue weighted by atomic mass is 9.47. The number of hydrogen-bond acceptors (Lipinski definition) is 1. The highest BCUT2D eigenvalue weighted by molar-refractivity contribution is 5.77. The molecule has 5 rings (SSSR count). The molecule has 0 aromatic heterocycles. The lowest BCUT2D eigenvalue weighted by Crippen LogP contribution is -2.61. The van der Waals surface area contributed by atoms with Crippen molar-refractivity contribution in [2.24, 2.45) is 28.6 Å². The standard InChI is InChI=1S/C27H37NO/c1-18(19-8-6-5-7-9-19)21-11-12-22-20-10-13-24-27(3,17-15-25(29)28(24)4)23(20)14-16-26(21,22)2/h5-9,20,22-24H,10-17H2,1-4H3/b21-18+/t20-,22-,23-,24+,26+,27+/m0/s1. The predicted molar refractivity (Wildman–Crippen MR) is 119 cm³/mol. The minimum absolute atomic E-state index is 0.327. The lowest BCUT2D eigenvalue weighted by molar-refractivity contribution is -0.156. The third kappa shape index (κ3) is 2.70. The fraction of sp³-hybridized carbons (Fsp3) is 0.667. The number of fused-ring (bicyclic) bond motifs is 5. The van der Waals surface area contributed by atoms with Gasteiger partial charge in [-0.25, -0.2) is 0 Å². The Bertz CT molecular complexity index is 841. The van der Waals surface area contributed by atoms with Crippen molar-refractivity contribution in [2.75, 3.05) is 7.05 Å². The minimum Gasteiger partial charge on any atom is -0.342 e. The Morgan fingerprint density at radius 1 is 0.966 bits per heavy atom. The van der Waals surface area contributed by atoms with Crippen LogP contribution in [0.2, 0.25) is 0 Å². The number of carbonyl (C=O) groups is 1. The minimum atomic E-state index is 0.327. The Labute approximate surface area is 176 Å². The molecule has 3 aliphatic carbocycles. The van der Waals surface area contributed by atoms with Gasteiger partial charge in [0.15, 0.2) is 0 Å².